The molecule has 1 N–H and O–H groups in total. The van der Waals surface area contributed by atoms with Crippen LogP contribution in [0.3, 0.4) is 0 Å². The van der Waals surface area contributed by atoms with Gasteiger partial charge in [-0.05, 0) is 37.9 Å². The van der Waals surface area contributed by atoms with Crippen molar-refractivity contribution < 1.29 is 0 Å². The summed E-state index contributed by atoms with van der Waals surface area (Å²) in [6, 6.07) is 7.64. The van der Waals surface area contributed by atoms with E-state index in [1.165, 1.54) is 0 Å². The van der Waals surface area contributed by atoms with Gasteiger partial charge in [-0.2, -0.15) is 0 Å². The quantitative estimate of drug-likeness (QED) is 0.888. The summed E-state index contributed by atoms with van der Waals surface area (Å²) in [5.74, 6) is 1.40. The highest BCUT2D eigenvalue weighted by Crippen LogP contribution is 2.14. The highest BCUT2D eigenvalue weighted by Gasteiger charge is 2.15. The summed E-state index contributed by atoms with van der Waals surface area (Å²) < 4.78 is 1.82. The molecule has 0 fully saturated rings. The van der Waals surface area contributed by atoms with E-state index in [1.54, 1.807) is 0 Å². The Morgan fingerprint density at radius 2 is 1.95 bits per heavy atom. The summed E-state index contributed by atoms with van der Waals surface area (Å²) in [6.07, 6.45) is 0.920. The molecule has 0 saturated carbocycles. The van der Waals surface area contributed by atoms with Crippen molar-refractivity contribution in [3.63, 3.8) is 0 Å². The van der Waals surface area contributed by atoms with Crippen LogP contribution in [0, 0.1) is 5.92 Å². The Bertz CT molecular complexity index is 661. The van der Waals surface area contributed by atoms with E-state index in [0.717, 1.165) is 24.3 Å². The number of nitrogens with one attached hydrogen (secondary N) is 1. The zero-order valence-corrected chi connectivity index (χ0v) is 13.4. The van der Waals surface area contributed by atoms with Gasteiger partial charge in [0.2, 0.25) is 0 Å². The Morgan fingerprint density at radius 1 is 1.24 bits per heavy atom. The van der Waals surface area contributed by atoms with Crippen LogP contribution in [0.15, 0.2) is 29.1 Å². The molecule has 0 aliphatic rings. The molecular weight excluding hydrogens is 262 g/mol. The van der Waals surface area contributed by atoms with Crippen LogP contribution >= 0.6 is 0 Å². The van der Waals surface area contributed by atoms with Gasteiger partial charge >= 0.3 is 0 Å². The second kappa shape index (κ2) is 6.85. The largest absolute Gasteiger partial charge is 0.307 e. The van der Waals surface area contributed by atoms with E-state index in [2.05, 4.69) is 33.0 Å². The summed E-state index contributed by atoms with van der Waals surface area (Å²) in [5, 5.41) is 4.17. The summed E-state index contributed by atoms with van der Waals surface area (Å²) in [5.41, 5.74) is 0.846. The Morgan fingerprint density at radius 3 is 2.62 bits per heavy atom. The predicted octanol–water partition coefficient (Wildman–Crippen LogP) is 3.11. The maximum Gasteiger partial charge on any atom is 0.261 e. The lowest BCUT2D eigenvalue weighted by molar-refractivity contribution is 0.456. The van der Waals surface area contributed by atoms with Gasteiger partial charge < -0.3 is 5.32 Å². The Kier molecular flexibility index (Phi) is 5.12. The van der Waals surface area contributed by atoms with Crippen molar-refractivity contribution in [1.29, 1.82) is 0 Å². The molecule has 0 amide bonds. The van der Waals surface area contributed by atoms with Crippen LogP contribution in [0.2, 0.25) is 0 Å². The summed E-state index contributed by atoms with van der Waals surface area (Å²) in [6.45, 7) is 10.1. The fraction of sp³-hybridized carbons (Fsp3) is 0.529. The molecule has 0 bridgehead atoms. The molecule has 0 spiro atoms. The first-order valence-corrected chi connectivity index (χ1v) is 7.77. The number of fused-ring (bicyclic) bond motifs is 1. The molecule has 1 aromatic carbocycles. The van der Waals surface area contributed by atoms with Crippen LogP contribution < -0.4 is 10.9 Å². The van der Waals surface area contributed by atoms with Crippen molar-refractivity contribution in [1.82, 2.24) is 14.9 Å². The summed E-state index contributed by atoms with van der Waals surface area (Å²) in [7, 11) is 0. The highest BCUT2D eigenvalue weighted by atomic mass is 16.1. The zero-order chi connectivity index (χ0) is 15.4. The van der Waals surface area contributed by atoms with E-state index < -0.39 is 0 Å². The predicted molar refractivity (Wildman–Crippen MR) is 87.5 cm³/mol. The number of rotatable bonds is 6. The smallest absolute Gasteiger partial charge is 0.261 e. The molecule has 1 atom stereocenters. The van der Waals surface area contributed by atoms with Gasteiger partial charge in [-0.3, -0.25) is 9.36 Å². The number of benzene rings is 1. The normalized spacial score (nSPS) is 13.0. The van der Waals surface area contributed by atoms with E-state index in [4.69, 9.17) is 4.98 Å². The number of nitrogens with zero attached hydrogens (tertiary/aromatic N) is 2. The molecule has 0 unspecified atom stereocenters. The van der Waals surface area contributed by atoms with Crippen LogP contribution in [0.1, 0.15) is 46.0 Å². The average molecular weight is 287 g/mol. The van der Waals surface area contributed by atoms with Gasteiger partial charge in [-0.15, -0.1) is 0 Å². The first kappa shape index (κ1) is 15.7. The van der Waals surface area contributed by atoms with Gasteiger partial charge in [-0.1, -0.05) is 32.9 Å². The monoisotopic (exact) mass is 287 g/mol. The SMILES string of the molecule is CCCn1c([C@@H](C)NCC(C)C)nc2ccccc2c1=O. The van der Waals surface area contributed by atoms with Crippen molar-refractivity contribution in [2.45, 2.75) is 46.7 Å². The fourth-order valence-electron chi connectivity index (χ4n) is 2.46. The third-order valence-electron chi connectivity index (χ3n) is 3.56. The van der Waals surface area contributed by atoms with Gasteiger partial charge in [0, 0.05) is 6.54 Å². The number of para-hydroxylation sites is 1. The standard InChI is InChI=1S/C17H25N3O/c1-5-10-20-16(13(4)18-11-12(2)3)19-15-9-7-6-8-14(15)17(20)21/h6-9,12-13,18H,5,10-11H2,1-4H3/t13-/m1/s1. The number of hydrogen-bond donors (Lipinski definition) is 1. The molecule has 0 radical (unpaired) electrons. The lowest BCUT2D eigenvalue weighted by atomic mass is 10.2. The molecule has 2 aromatic rings. The lowest BCUT2D eigenvalue weighted by Gasteiger charge is -2.20. The van der Waals surface area contributed by atoms with E-state index in [9.17, 15) is 4.79 Å². The third kappa shape index (κ3) is 3.50. The Labute approximate surface area is 126 Å². The molecule has 0 saturated heterocycles. The van der Waals surface area contributed by atoms with Crippen LogP contribution in [-0.4, -0.2) is 16.1 Å². The van der Waals surface area contributed by atoms with E-state index in [1.807, 2.05) is 28.8 Å². The average Bonchev–Trinajstić information content (AvgIpc) is 2.47. The second-order valence-electron chi connectivity index (χ2n) is 5.97. The highest BCUT2D eigenvalue weighted by molar-refractivity contribution is 5.77. The Hall–Kier alpha value is -1.68. The molecule has 0 aliphatic carbocycles. The minimum Gasteiger partial charge on any atom is -0.307 e. The number of hydrogen-bond acceptors (Lipinski definition) is 3. The van der Waals surface area contributed by atoms with Gasteiger partial charge in [0.1, 0.15) is 5.82 Å². The van der Waals surface area contributed by atoms with Crippen LogP contribution in [0.25, 0.3) is 10.9 Å². The van der Waals surface area contributed by atoms with Crippen LogP contribution in [0.5, 0.6) is 0 Å². The van der Waals surface area contributed by atoms with Crippen molar-refractivity contribution in [3.05, 3.63) is 40.4 Å². The molecule has 0 aliphatic heterocycles. The minimum atomic E-state index is 0.0654. The Balaban J connectivity index is 2.49. The first-order chi connectivity index (χ1) is 10.0. The maximum absolute atomic E-state index is 12.7. The summed E-state index contributed by atoms with van der Waals surface area (Å²) in [4.78, 5) is 17.4. The number of aromatic nitrogens is 2. The molecule has 1 heterocycles. The van der Waals surface area contributed by atoms with Crippen LogP contribution in [0.4, 0.5) is 0 Å². The topological polar surface area (TPSA) is 46.9 Å². The molecular formula is C17H25N3O. The van der Waals surface area contributed by atoms with Gasteiger partial charge in [0.15, 0.2) is 0 Å². The molecule has 4 nitrogen and oxygen atoms in total. The molecule has 114 valence electrons. The fourth-order valence-corrected chi connectivity index (χ4v) is 2.46. The summed E-state index contributed by atoms with van der Waals surface area (Å²) >= 11 is 0. The van der Waals surface area contributed by atoms with E-state index in [-0.39, 0.29) is 11.6 Å². The molecule has 4 heteroatoms. The minimum absolute atomic E-state index is 0.0654. The van der Waals surface area contributed by atoms with Crippen molar-refractivity contribution in [2.75, 3.05) is 6.54 Å². The van der Waals surface area contributed by atoms with E-state index in [0.29, 0.717) is 17.8 Å². The van der Waals surface area contributed by atoms with Crippen LogP contribution in [-0.2, 0) is 6.54 Å². The molecule has 2 rings (SSSR count). The second-order valence-corrected chi connectivity index (χ2v) is 5.97. The third-order valence-corrected chi connectivity index (χ3v) is 3.56. The van der Waals surface area contributed by atoms with Crippen molar-refractivity contribution in [3.8, 4) is 0 Å². The molecule has 1 aromatic heterocycles. The zero-order valence-electron chi connectivity index (χ0n) is 13.4. The van der Waals surface area contributed by atoms with Crippen molar-refractivity contribution >= 4 is 10.9 Å². The van der Waals surface area contributed by atoms with E-state index >= 15 is 0 Å². The van der Waals surface area contributed by atoms with Gasteiger partial charge in [0.05, 0.1) is 16.9 Å². The van der Waals surface area contributed by atoms with Gasteiger partial charge in [0.25, 0.3) is 5.56 Å². The van der Waals surface area contributed by atoms with Crippen molar-refractivity contribution in [2.24, 2.45) is 5.92 Å². The maximum atomic E-state index is 12.7. The molecule has 21 heavy (non-hydrogen) atoms. The lowest BCUT2D eigenvalue weighted by Crippen LogP contribution is -2.32. The van der Waals surface area contributed by atoms with Gasteiger partial charge in [-0.25, -0.2) is 4.98 Å². The first-order valence-electron chi connectivity index (χ1n) is 7.77.